The van der Waals surface area contributed by atoms with Gasteiger partial charge in [0.15, 0.2) is 0 Å². The number of amides is 2. The summed E-state index contributed by atoms with van der Waals surface area (Å²) in [5, 5.41) is 2.99. The molecule has 28 heavy (non-hydrogen) atoms. The predicted octanol–water partition coefficient (Wildman–Crippen LogP) is 3.91. The molecule has 1 aliphatic heterocycles. The van der Waals surface area contributed by atoms with Gasteiger partial charge in [-0.2, -0.15) is 0 Å². The molecule has 0 aliphatic carbocycles. The summed E-state index contributed by atoms with van der Waals surface area (Å²) in [4.78, 5) is 18.8. The summed E-state index contributed by atoms with van der Waals surface area (Å²) >= 11 is 0. The van der Waals surface area contributed by atoms with E-state index >= 15 is 0 Å². The van der Waals surface area contributed by atoms with Gasteiger partial charge in [0.25, 0.3) is 0 Å². The van der Waals surface area contributed by atoms with Crippen molar-refractivity contribution in [1.82, 2.24) is 9.88 Å². The lowest BCUT2D eigenvalue weighted by Crippen LogP contribution is -2.42. The Morgan fingerprint density at radius 3 is 3.00 bits per heavy atom. The fourth-order valence-electron chi connectivity index (χ4n) is 3.09. The molecule has 6 nitrogen and oxygen atoms in total. The number of anilines is 1. The number of pyridine rings is 1. The van der Waals surface area contributed by atoms with E-state index in [1.165, 1.54) is 0 Å². The largest absolute Gasteiger partial charge is 0.383 e. The second-order valence-corrected chi connectivity index (χ2v) is 6.72. The Labute approximate surface area is 166 Å². The molecule has 148 valence electrons. The van der Waals surface area contributed by atoms with Crippen molar-refractivity contribution >= 4 is 23.9 Å². The average Bonchev–Trinajstić information content (AvgIpc) is 3.24. The first-order chi connectivity index (χ1) is 13.7. The summed E-state index contributed by atoms with van der Waals surface area (Å²) in [6.45, 7) is 2.37. The normalized spacial score (nSPS) is 16.4. The minimum Gasteiger partial charge on any atom is -0.383 e. The Morgan fingerprint density at radius 1 is 1.32 bits per heavy atom. The van der Waals surface area contributed by atoms with Crippen LogP contribution in [0.25, 0.3) is 12.2 Å². The SMILES string of the molecule is COCCN(C[C@H]1CCCO1)C(=O)Nc1cccc(/C=C/c2ccccn2)c1. The summed E-state index contributed by atoms with van der Waals surface area (Å²) in [6, 6.07) is 13.4. The lowest BCUT2D eigenvalue weighted by atomic mass is 10.1. The van der Waals surface area contributed by atoms with Gasteiger partial charge in [-0.05, 0) is 48.7 Å². The van der Waals surface area contributed by atoms with Crippen LogP contribution in [-0.2, 0) is 9.47 Å². The molecule has 1 saturated heterocycles. The first-order valence-electron chi connectivity index (χ1n) is 9.60. The number of benzene rings is 1. The molecule has 0 radical (unpaired) electrons. The summed E-state index contributed by atoms with van der Waals surface area (Å²) in [7, 11) is 1.64. The number of carbonyl (C=O) groups is 1. The number of methoxy groups -OCH3 is 1. The molecule has 3 rings (SSSR count). The van der Waals surface area contributed by atoms with Gasteiger partial charge in [-0.15, -0.1) is 0 Å². The smallest absolute Gasteiger partial charge is 0.322 e. The lowest BCUT2D eigenvalue weighted by molar-refractivity contribution is 0.0747. The molecular formula is C22H27N3O3. The maximum absolute atomic E-state index is 12.8. The number of hydrogen-bond donors (Lipinski definition) is 1. The van der Waals surface area contributed by atoms with Gasteiger partial charge in [-0.1, -0.05) is 24.3 Å². The zero-order valence-electron chi connectivity index (χ0n) is 16.2. The van der Waals surface area contributed by atoms with Gasteiger partial charge in [0, 0.05) is 38.7 Å². The number of carbonyl (C=O) groups excluding carboxylic acids is 1. The van der Waals surface area contributed by atoms with Crippen molar-refractivity contribution in [3.05, 3.63) is 59.9 Å². The predicted molar refractivity (Wildman–Crippen MR) is 111 cm³/mol. The minimum atomic E-state index is -0.140. The number of aromatic nitrogens is 1. The summed E-state index contributed by atoms with van der Waals surface area (Å²) < 4.78 is 10.8. The van der Waals surface area contributed by atoms with E-state index in [4.69, 9.17) is 9.47 Å². The van der Waals surface area contributed by atoms with E-state index < -0.39 is 0 Å². The molecule has 1 atom stereocenters. The summed E-state index contributed by atoms with van der Waals surface area (Å²) in [5.74, 6) is 0. The van der Waals surface area contributed by atoms with Crippen LogP contribution in [0.3, 0.4) is 0 Å². The average molecular weight is 381 g/mol. The molecule has 6 heteroatoms. The third kappa shape index (κ3) is 6.18. The number of rotatable bonds is 8. The summed E-state index contributed by atoms with van der Waals surface area (Å²) in [5.41, 5.74) is 2.63. The molecule has 1 aromatic carbocycles. The zero-order chi connectivity index (χ0) is 19.6. The summed E-state index contributed by atoms with van der Waals surface area (Å²) in [6.07, 6.45) is 7.84. The highest BCUT2D eigenvalue weighted by Gasteiger charge is 2.22. The quantitative estimate of drug-likeness (QED) is 0.753. The maximum Gasteiger partial charge on any atom is 0.322 e. The molecule has 1 aromatic heterocycles. The maximum atomic E-state index is 12.8. The second kappa shape index (κ2) is 10.6. The first kappa shape index (κ1) is 20.0. The Hall–Kier alpha value is -2.70. The van der Waals surface area contributed by atoms with Crippen LogP contribution in [-0.4, -0.2) is 55.4 Å². The van der Waals surface area contributed by atoms with Gasteiger partial charge < -0.3 is 19.7 Å². The number of ether oxygens (including phenoxy) is 2. The van der Waals surface area contributed by atoms with Gasteiger partial charge in [0.1, 0.15) is 0 Å². The third-order valence-corrected chi connectivity index (χ3v) is 4.57. The van der Waals surface area contributed by atoms with Crippen molar-refractivity contribution in [3.63, 3.8) is 0 Å². The molecular weight excluding hydrogens is 354 g/mol. The number of nitrogens with one attached hydrogen (secondary N) is 1. The van der Waals surface area contributed by atoms with E-state index in [-0.39, 0.29) is 12.1 Å². The first-order valence-corrected chi connectivity index (χ1v) is 9.60. The van der Waals surface area contributed by atoms with E-state index in [1.54, 1.807) is 18.2 Å². The van der Waals surface area contributed by atoms with Gasteiger partial charge in [0.05, 0.1) is 18.4 Å². The van der Waals surface area contributed by atoms with Crippen LogP contribution in [0.1, 0.15) is 24.1 Å². The Balaban J connectivity index is 1.63. The van der Waals surface area contributed by atoms with Crippen LogP contribution in [0.15, 0.2) is 48.7 Å². The molecule has 1 fully saturated rings. The minimum absolute atomic E-state index is 0.107. The molecule has 2 amide bonds. The second-order valence-electron chi connectivity index (χ2n) is 6.72. The van der Waals surface area contributed by atoms with E-state index in [0.717, 1.165) is 36.4 Å². The molecule has 1 aliphatic rings. The Kier molecular flexibility index (Phi) is 7.58. The topological polar surface area (TPSA) is 63.7 Å². The number of nitrogens with zero attached hydrogens (tertiary/aromatic N) is 2. The highest BCUT2D eigenvalue weighted by atomic mass is 16.5. The third-order valence-electron chi connectivity index (χ3n) is 4.57. The van der Waals surface area contributed by atoms with Gasteiger partial charge in [-0.3, -0.25) is 4.98 Å². The fourth-order valence-corrected chi connectivity index (χ4v) is 3.09. The van der Waals surface area contributed by atoms with E-state index in [1.807, 2.05) is 54.6 Å². The van der Waals surface area contributed by atoms with Crippen LogP contribution < -0.4 is 5.32 Å². The van der Waals surface area contributed by atoms with Crippen LogP contribution in [0.5, 0.6) is 0 Å². The van der Waals surface area contributed by atoms with Crippen LogP contribution in [0.2, 0.25) is 0 Å². The number of hydrogen-bond acceptors (Lipinski definition) is 4. The van der Waals surface area contributed by atoms with E-state index in [2.05, 4.69) is 10.3 Å². The molecule has 0 bridgehead atoms. The van der Waals surface area contributed by atoms with Crippen molar-refractivity contribution in [2.45, 2.75) is 18.9 Å². The van der Waals surface area contributed by atoms with Gasteiger partial charge in [0.2, 0.25) is 0 Å². The van der Waals surface area contributed by atoms with Crippen molar-refractivity contribution in [2.75, 3.05) is 38.7 Å². The fraction of sp³-hybridized carbons (Fsp3) is 0.364. The molecule has 2 heterocycles. The van der Waals surface area contributed by atoms with Crippen molar-refractivity contribution in [3.8, 4) is 0 Å². The highest BCUT2D eigenvalue weighted by molar-refractivity contribution is 5.90. The van der Waals surface area contributed by atoms with E-state index in [9.17, 15) is 4.79 Å². The Morgan fingerprint density at radius 2 is 2.25 bits per heavy atom. The van der Waals surface area contributed by atoms with E-state index in [0.29, 0.717) is 19.7 Å². The lowest BCUT2D eigenvalue weighted by Gasteiger charge is -2.25. The molecule has 0 spiro atoms. The van der Waals surface area contributed by atoms with Crippen LogP contribution in [0, 0.1) is 0 Å². The van der Waals surface area contributed by atoms with Crippen molar-refractivity contribution < 1.29 is 14.3 Å². The molecule has 0 saturated carbocycles. The van der Waals surface area contributed by atoms with Crippen LogP contribution >= 0.6 is 0 Å². The molecule has 1 N–H and O–H groups in total. The van der Waals surface area contributed by atoms with Gasteiger partial charge in [-0.25, -0.2) is 4.79 Å². The standard InChI is InChI=1S/C22H27N3O3/c1-27-15-13-25(17-21-9-5-14-28-21)22(26)24-20-8-4-6-18(16-20)10-11-19-7-2-3-12-23-19/h2-4,6-8,10-12,16,21H,5,9,13-15,17H2,1H3,(H,24,26)/b11-10+/t21-/m1/s1. The molecule has 2 aromatic rings. The zero-order valence-corrected chi connectivity index (χ0v) is 16.2. The number of urea groups is 1. The van der Waals surface area contributed by atoms with Crippen molar-refractivity contribution in [1.29, 1.82) is 0 Å². The van der Waals surface area contributed by atoms with Gasteiger partial charge >= 0.3 is 6.03 Å². The highest BCUT2D eigenvalue weighted by Crippen LogP contribution is 2.16. The Bertz CT molecular complexity index is 774. The molecule has 0 unspecified atom stereocenters. The monoisotopic (exact) mass is 381 g/mol. The van der Waals surface area contributed by atoms with Crippen LogP contribution in [0.4, 0.5) is 10.5 Å². The van der Waals surface area contributed by atoms with Crippen molar-refractivity contribution in [2.24, 2.45) is 0 Å².